The maximum absolute atomic E-state index is 12.4. The summed E-state index contributed by atoms with van der Waals surface area (Å²) >= 11 is 0. The topological polar surface area (TPSA) is 111 Å². The Balaban J connectivity index is 2.46. The van der Waals surface area contributed by atoms with E-state index in [0.29, 0.717) is 6.07 Å². The second-order valence-electron chi connectivity index (χ2n) is 4.63. The van der Waals surface area contributed by atoms with Gasteiger partial charge in [-0.3, -0.25) is 14.9 Å². The van der Waals surface area contributed by atoms with E-state index in [0.717, 1.165) is 13.2 Å². The van der Waals surface area contributed by atoms with Crippen molar-refractivity contribution in [3.05, 3.63) is 52.1 Å². The minimum atomic E-state index is -3.23. The van der Waals surface area contributed by atoms with E-state index in [2.05, 4.69) is 10.1 Å². The lowest BCUT2D eigenvalue weighted by Crippen LogP contribution is -2.15. The predicted molar refractivity (Wildman–Crippen MR) is 82.3 cm³/mol. The molecule has 0 fully saturated rings. The van der Waals surface area contributed by atoms with Gasteiger partial charge >= 0.3 is 6.61 Å². The molecule has 0 saturated carbocycles. The zero-order valence-corrected chi connectivity index (χ0v) is 12.7. The van der Waals surface area contributed by atoms with Crippen molar-refractivity contribution in [2.45, 2.75) is 6.61 Å². The molecular weight excluding hydrogens is 342 g/mol. The summed E-state index contributed by atoms with van der Waals surface area (Å²) in [7, 11) is 1.13. The number of nitro benzene ring substituents is 1. The summed E-state index contributed by atoms with van der Waals surface area (Å²) < 4.78 is 33.8. The highest BCUT2D eigenvalue weighted by Gasteiger charge is 2.26. The maximum Gasteiger partial charge on any atom is 0.387 e. The van der Waals surface area contributed by atoms with Gasteiger partial charge in [0.1, 0.15) is 11.3 Å². The zero-order valence-electron chi connectivity index (χ0n) is 12.7. The summed E-state index contributed by atoms with van der Waals surface area (Å²) in [5.41, 5.74) is -1.19. The van der Waals surface area contributed by atoms with Crippen molar-refractivity contribution in [2.75, 3.05) is 12.4 Å². The average molecular weight is 354 g/mol. The van der Waals surface area contributed by atoms with Crippen LogP contribution in [0.25, 0.3) is 0 Å². The van der Waals surface area contributed by atoms with Gasteiger partial charge < -0.3 is 19.9 Å². The molecule has 8 nitrogen and oxygen atoms in total. The number of phenols is 1. The lowest BCUT2D eigenvalue weighted by molar-refractivity contribution is -0.385. The number of nitrogens with one attached hydrogen (secondary N) is 1. The van der Waals surface area contributed by atoms with Gasteiger partial charge in [-0.2, -0.15) is 8.78 Å². The summed E-state index contributed by atoms with van der Waals surface area (Å²) in [5.74, 6) is -2.05. The van der Waals surface area contributed by atoms with Gasteiger partial charge in [-0.05, 0) is 12.1 Å². The minimum Gasteiger partial charge on any atom is -0.506 e. The standard InChI is InChI=1S/C15H12F2N2O6/c1-24-12-6-8(10(19(22)23)7-13(12)25-15(16)17)14(21)18-9-4-2-3-5-11(9)20/h2-7,15,20H,1H3,(H,18,21). The summed E-state index contributed by atoms with van der Waals surface area (Å²) in [6.45, 7) is -3.23. The van der Waals surface area contributed by atoms with Crippen molar-refractivity contribution in [1.82, 2.24) is 0 Å². The van der Waals surface area contributed by atoms with Gasteiger partial charge in [0.15, 0.2) is 11.5 Å². The number of aromatic hydroxyl groups is 1. The molecular formula is C15H12F2N2O6. The van der Waals surface area contributed by atoms with E-state index < -0.39 is 34.4 Å². The number of methoxy groups -OCH3 is 1. The Morgan fingerprint density at radius 1 is 1.28 bits per heavy atom. The SMILES string of the molecule is COc1cc(C(=O)Nc2ccccc2O)c([N+](=O)[O-])cc1OC(F)F. The largest absolute Gasteiger partial charge is 0.506 e. The average Bonchev–Trinajstić information content (AvgIpc) is 2.55. The Kier molecular flexibility index (Phi) is 5.32. The number of carbonyl (C=O) groups is 1. The highest BCUT2D eigenvalue weighted by Crippen LogP contribution is 2.36. The molecule has 0 spiro atoms. The number of anilines is 1. The molecule has 10 heteroatoms. The molecule has 0 aliphatic rings. The molecule has 25 heavy (non-hydrogen) atoms. The molecule has 0 unspecified atom stereocenters. The Hall–Kier alpha value is -3.43. The third kappa shape index (κ3) is 4.10. The number of nitrogens with zero attached hydrogens (tertiary/aromatic N) is 1. The number of ether oxygens (including phenoxy) is 2. The molecule has 2 N–H and O–H groups in total. The van der Waals surface area contributed by atoms with E-state index >= 15 is 0 Å². The Bertz CT molecular complexity index is 813. The quantitative estimate of drug-likeness (QED) is 0.468. The van der Waals surface area contributed by atoms with Crippen molar-refractivity contribution in [2.24, 2.45) is 0 Å². The van der Waals surface area contributed by atoms with Crippen molar-refractivity contribution < 1.29 is 33.1 Å². The van der Waals surface area contributed by atoms with Crippen LogP contribution in [0.4, 0.5) is 20.2 Å². The number of alkyl halides is 2. The number of rotatable bonds is 6. The molecule has 0 aliphatic heterocycles. The summed E-state index contributed by atoms with van der Waals surface area (Å²) in [6, 6.07) is 7.32. The van der Waals surface area contributed by atoms with Gasteiger partial charge in [-0.1, -0.05) is 12.1 Å². The third-order valence-corrected chi connectivity index (χ3v) is 3.09. The van der Waals surface area contributed by atoms with Crippen molar-refractivity contribution in [3.63, 3.8) is 0 Å². The molecule has 0 aliphatic carbocycles. The normalized spacial score (nSPS) is 10.4. The summed E-state index contributed by atoms with van der Waals surface area (Å²) in [5, 5.41) is 23.1. The van der Waals surface area contributed by atoms with E-state index in [1.807, 2.05) is 0 Å². The molecule has 2 rings (SSSR count). The first-order valence-corrected chi connectivity index (χ1v) is 6.74. The smallest absolute Gasteiger partial charge is 0.387 e. The summed E-state index contributed by atoms with van der Waals surface area (Å²) in [4.78, 5) is 22.6. The maximum atomic E-state index is 12.4. The number of hydrogen-bond acceptors (Lipinski definition) is 6. The molecule has 0 atom stereocenters. The number of carbonyl (C=O) groups excluding carboxylic acids is 1. The monoisotopic (exact) mass is 354 g/mol. The van der Waals surface area contributed by atoms with Gasteiger partial charge in [0.2, 0.25) is 0 Å². The van der Waals surface area contributed by atoms with Crippen molar-refractivity contribution >= 4 is 17.3 Å². The van der Waals surface area contributed by atoms with E-state index in [1.165, 1.54) is 24.3 Å². The van der Waals surface area contributed by atoms with Crippen LogP contribution in [0.3, 0.4) is 0 Å². The second kappa shape index (κ2) is 7.43. The minimum absolute atomic E-state index is 0.0219. The highest BCUT2D eigenvalue weighted by atomic mass is 19.3. The second-order valence-corrected chi connectivity index (χ2v) is 4.63. The molecule has 0 bridgehead atoms. The van der Waals surface area contributed by atoms with Crippen LogP contribution >= 0.6 is 0 Å². The van der Waals surface area contributed by atoms with Gasteiger partial charge in [-0.25, -0.2) is 0 Å². The predicted octanol–water partition coefficient (Wildman–Crippen LogP) is 3.16. The number of hydrogen-bond donors (Lipinski definition) is 2. The van der Waals surface area contributed by atoms with Gasteiger partial charge in [0.25, 0.3) is 11.6 Å². The van der Waals surface area contributed by atoms with Crippen LogP contribution in [0.15, 0.2) is 36.4 Å². The number of para-hydroxylation sites is 2. The molecule has 0 saturated heterocycles. The fourth-order valence-electron chi connectivity index (χ4n) is 2.00. The van der Waals surface area contributed by atoms with Crippen LogP contribution in [-0.2, 0) is 0 Å². The highest BCUT2D eigenvalue weighted by molar-refractivity contribution is 6.08. The van der Waals surface area contributed by atoms with E-state index in [-0.39, 0.29) is 17.2 Å². The molecule has 0 heterocycles. The van der Waals surface area contributed by atoms with Crippen LogP contribution in [-0.4, -0.2) is 29.7 Å². The number of nitro groups is 1. The zero-order chi connectivity index (χ0) is 18.6. The fraction of sp³-hybridized carbons (Fsp3) is 0.133. The van der Waals surface area contributed by atoms with E-state index in [4.69, 9.17) is 4.74 Å². The van der Waals surface area contributed by atoms with Gasteiger partial charge in [-0.15, -0.1) is 0 Å². The number of amides is 1. The fourth-order valence-corrected chi connectivity index (χ4v) is 2.00. The molecule has 1 amide bonds. The van der Waals surface area contributed by atoms with Crippen LogP contribution in [0.2, 0.25) is 0 Å². The lowest BCUT2D eigenvalue weighted by Gasteiger charge is -2.12. The summed E-state index contributed by atoms with van der Waals surface area (Å²) in [6.07, 6.45) is 0. The molecule has 2 aromatic rings. The van der Waals surface area contributed by atoms with Crippen LogP contribution in [0.1, 0.15) is 10.4 Å². The van der Waals surface area contributed by atoms with Crippen molar-refractivity contribution in [3.8, 4) is 17.2 Å². The van der Waals surface area contributed by atoms with Crippen LogP contribution in [0.5, 0.6) is 17.2 Å². The Labute approximate surface area is 139 Å². The van der Waals surface area contributed by atoms with Crippen molar-refractivity contribution in [1.29, 1.82) is 0 Å². The number of benzene rings is 2. The first-order chi connectivity index (χ1) is 11.8. The number of halogens is 2. The van der Waals surface area contributed by atoms with Gasteiger partial charge in [0, 0.05) is 6.07 Å². The third-order valence-electron chi connectivity index (χ3n) is 3.09. The molecule has 0 aromatic heterocycles. The van der Waals surface area contributed by atoms with E-state index in [1.54, 1.807) is 0 Å². The molecule has 132 valence electrons. The van der Waals surface area contributed by atoms with Crippen LogP contribution in [0, 0.1) is 10.1 Å². The number of phenolic OH excluding ortho intramolecular Hbond substituents is 1. The molecule has 0 radical (unpaired) electrons. The Morgan fingerprint density at radius 3 is 2.52 bits per heavy atom. The van der Waals surface area contributed by atoms with E-state index in [9.17, 15) is 28.8 Å². The first kappa shape index (κ1) is 17.9. The first-order valence-electron chi connectivity index (χ1n) is 6.74. The lowest BCUT2D eigenvalue weighted by atomic mass is 10.1. The molecule has 2 aromatic carbocycles. The Morgan fingerprint density at radius 2 is 1.96 bits per heavy atom. The van der Waals surface area contributed by atoms with Gasteiger partial charge in [0.05, 0.1) is 23.8 Å². The van der Waals surface area contributed by atoms with Crippen LogP contribution < -0.4 is 14.8 Å².